The van der Waals surface area contributed by atoms with Crippen LogP contribution in [0.15, 0.2) is 47.6 Å². The van der Waals surface area contributed by atoms with Gasteiger partial charge in [-0.05, 0) is 29.7 Å². The highest BCUT2D eigenvalue weighted by molar-refractivity contribution is 5.97. The predicted molar refractivity (Wildman–Crippen MR) is 93.5 cm³/mol. The summed E-state index contributed by atoms with van der Waals surface area (Å²) in [6, 6.07) is 11.3. The largest absolute Gasteiger partial charge is 0.468 e. The van der Waals surface area contributed by atoms with Crippen molar-refractivity contribution in [2.45, 2.75) is 19.1 Å². The SMILES string of the molecule is CN=C(NCc1ccnc(OCC(F)(F)F)c1)N1CCc2ccccc21. The van der Waals surface area contributed by atoms with E-state index in [1.807, 2.05) is 18.2 Å². The number of ether oxygens (including phenoxy) is 1. The van der Waals surface area contributed by atoms with Crippen molar-refractivity contribution in [3.05, 3.63) is 53.7 Å². The summed E-state index contributed by atoms with van der Waals surface area (Å²) in [6.07, 6.45) is -2.01. The normalized spacial score (nSPS) is 14.3. The standard InChI is InChI=1S/C18H19F3N4O/c1-22-17(25-9-7-14-4-2-3-5-15(14)25)24-11-13-6-8-23-16(10-13)26-12-18(19,20)21/h2-6,8,10H,7,9,11-12H2,1H3,(H,22,24). The van der Waals surface area contributed by atoms with Crippen LogP contribution in [0.4, 0.5) is 18.9 Å². The Bertz CT molecular complexity index is 792. The molecule has 0 saturated carbocycles. The summed E-state index contributed by atoms with van der Waals surface area (Å²) in [5, 5.41) is 3.24. The molecule has 0 amide bonds. The van der Waals surface area contributed by atoms with Crippen LogP contribution in [-0.2, 0) is 13.0 Å². The average Bonchev–Trinajstić information content (AvgIpc) is 3.05. The van der Waals surface area contributed by atoms with Crippen molar-refractivity contribution in [1.82, 2.24) is 10.3 Å². The van der Waals surface area contributed by atoms with Gasteiger partial charge in [0.2, 0.25) is 5.88 Å². The molecular weight excluding hydrogens is 345 g/mol. The molecule has 8 heteroatoms. The lowest BCUT2D eigenvalue weighted by Gasteiger charge is -2.22. The van der Waals surface area contributed by atoms with Gasteiger partial charge in [0.15, 0.2) is 12.6 Å². The van der Waals surface area contributed by atoms with Gasteiger partial charge in [-0.15, -0.1) is 0 Å². The lowest BCUT2D eigenvalue weighted by Crippen LogP contribution is -2.40. The molecule has 0 aliphatic carbocycles. The minimum atomic E-state index is -4.39. The Labute approximate surface area is 149 Å². The van der Waals surface area contributed by atoms with Gasteiger partial charge in [0.1, 0.15) is 0 Å². The summed E-state index contributed by atoms with van der Waals surface area (Å²) >= 11 is 0. The Hall–Kier alpha value is -2.77. The number of hydrogen-bond donors (Lipinski definition) is 1. The molecule has 1 aliphatic heterocycles. The number of alkyl halides is 3. The zero-order valence-corrected chi connectivity index (χ0v) is 14.3. The maximum atomic E-state index is 12.2. The molecule has 3 rings (SSSR count). The van der Waals surface area contributed by atoms with E-state index in [1.54, 1.807) is 13.1 Å². The maximum Gasteiger partial charge on any atom is 0.422 e. The van der Waals surface area contributed by atoms with E-state index in [0.717, 1.165) is 24.2 Å². The summed E-state index contributed by atoms with van der Waals surface area (Å²) in [5.41, 5.74) is 3.14. The number of aromatic nitrogens is 1. The number of hydrogen-bond acceptors (Lipinski definition) is 3. The number of para-hydroxylation sites is 1. The van der Waals surface area contributed by atoms with Crippen LogP contribution in [-0.4, -0.2) is 37.3 Å². The fraction of sp³-hybridized carbons (Fsp3) is 0.333. The molecule has 0 unspecified atom stereocenters. The van der Waals surface area contributed by atoms with Gasteiger partial charge in [-0.3, -0.25) is 4.99 Å². The van der Waals surface area contributed by atoms with E-state index in [4.69, 9.17) is 0 Å². The molecule has 0 atom stereocenters. The maximum absolute atomic E-state index is 12.2. The minimum absolute atomic E-state index is 0.0527. The summed E-state index contributed by atoms with van der Waals surface area (Å²) in [4.78, 5) is 10.2. The van der Waals surface area contributed by atoms with Crippen molar-refractivity contribution in [2.75, 3.05) is 25.1 Å². The first-order valence-corrected chi connectivity index (χ1v) is 8.17. The molecule has 0 spiro atoms. The predicted octanol–water partition coefficient (Wildman–Crippen LogP) is 3.16. The highest BCUT2D eigenvalue weighted by atomic mass is 19.4. The van der Waals surface area contributed by atoms with E-state index in [9.17, 15) is 13.2 Å². The van der Waals surface area contributed by atoms with Crippen molar-refractivity contribution in [3.63, 3.8) is 0 Å². The number of aliphatic imine (C=N–C) groups is 1. The van der Waals surface area contributed by atoms with Crippen LogP contribution in [0.2, 0.25) is 0 Å². The molecule has 0 bridgehead atoms. The third kappa shape index (κ3) is 4.44. The topological polar surface area (TPSA) is 49.8 Å². The molecule has 26 heavy (non-hydrogen) atoms. The Kier molecular flexibility index (Phi) is 5.29. The minimum Gasteiger partial charge on any atom is -0.468 e. The second kappa shape index (κ2) is 7.63. The second-order valence-corrected chi connectivity index (χ2v) is 5.84. The van der Waals surface area contributed by atoms with E-state index in [0.29, 0.717) is 12.5 Å². The van der Waals surface area contributed by atoms with E-state index in [2.05, 4.69) is 31.0 Å². The van der Waals surface area contributed by atoms with Crippen molar-refractivity contribution in [2.24, 2.45) is 4.99 Å². The Morgan fingerprint density at radius 3 is 2.88 bits per heavy atom. The third-order valence-electron chi connectivity index (χ3n) is 3.99. The number of anilines is 1. The van der Waals surface area contributed by atoms with Gasteiger partial charge in [-0.1, -0.05) is 18.2 Å². The zero-order chi connectivity index (χ0) is 18.6. The summed E-state index contributed by atoms with van der Waals surface area (Å²) in [6.45, 7) is -0.130. The first-order chi connectivity index (χ1) is 12.5. The molecular formula is C18H19F3N4O. The van der Waals surface area contributed by atoms with Crippen molar-refractivity contribution < 1.29 is 17.9 Å². The monoisotopic (exact) mass is 364 g/mol. The van der Waals surface area contributed by atoms with Gasteiger partial charge in [0, 0.05) is 38.1 Å². The average molecular weight is 364 g/mol. The highest BCUT2D eigenvalue weighted by Crippen LogP contribution is 2.27. The summed E-state index contributed by atoms with van der Waals surface area (Å²) < 4.78 is 41.4. The van der Waals surface area contributed by atoms with Gasteiger partial charge in [-0.2, -0.15) is 13.2 Å². The number of rotatable bonds is 4. The molecule has 1 aliphatic rings. The van der Waals surface area contributed by atoms with Gasteiger partial charge in [0.25, 0.3) is 0 Å². The number of pyridine rings is 1. The summed E-state index contributed by atoms with van der Waals surface area (Å²) in [7, 11) is 1.70. The molecule has 0 radical (unpaired) electrons. The third-order valence-corrected chi connectivity index (χ3v) is 3.99. The zero-order valence-electron chi connectivity index (χ0n) is 14.3. The number of guanidine groups is 1. The fourth-order valence-corrected chi connectivity index (χ4v) is 2.83. The van der Waals surface area contributed by atoms with Crippen LogP contribution in [0, 0.1) is 0 Å². The molecule has 138 valence electrons. The summed E-state index contributed by atoms with van der Waals surface area (Å²) in [5.74, 6) is 0.660. The number of nitrogens with one attached hydrogen (secondary N) is 1. The van der Waals surface area contributed by atoms with E-state index in [-0.39, 0.29) is 5.88 Å². The quantitative estimate of drug-likeness (QED) is 0.669. The van der Waals surface area contributed by atoms with Gasteiger partial charge in [0.05, 0.1) is 0 Å². The van der Waals surface area contributed by atoms with Gasteiger partial charge < -0.3 is 15.0 Å². The first-order valence-electron chi connectivity index (χ1n) is 8.17. The van der Waals surface area contributed by atoms with Crippen LogP contribution in [0.5, 0.6) is 5.88 Å². The molecule has 2 heterocycles. The first kappa shape index (κ1) is 18.0. The molecule has 1 aromatic heterocycles. The number of fused-ring (bicyclic) bond motifs is 1. The number of nitrogens with zero attached hydrogens (tertiary/aromatic N) is 3. The molecule has 5 nitrogen and oxygen atoms in total. The Morgan fingerprint density at radius 1 is 1.31 bits per heavy atom. The molecule has 0 saturated heterocycles. The Morgan fingerprint density at radius 2 is 2.12 bits per heavy atom. The van der Waals surface area contributed by atoms with Crippen molar-refractivity contribution in [3.8, 4) is 5.88 Å². The van der Waals surface area contributed by atoms with Crippen LogP contribution in [0.1, 0.15) is 11.1 Å². The number of benzene rings is 1. The van der Waals surface area contributed by atoms with Crippen LogP contribution < -0.4 is 15.0 Å². The second-order valence-electron chi connectivity index (χ2n) is 5.84. The lowest BCUT2D eigenvalue weighted by molar-refractivity contribution is -0.154. The molecule has 1 aromatic carbocycles. The number of halogens is 3. The molecule has 2 aromatic rings. The highest BCUT2D eigenvalue weighted by Gasteiger charge is 2.28. The van der Waals surface area contributed by atoms with Crippen LogP contribution in [0.3, 0.4) is 0 Å². The lowest BCUT2D eigenvalue weighted by atomic mass is 10.2. The Balaban J connectivity index is 1.63. The van der Waals surface area contributed by atoms with Gasteiger partial charge in [-0.25, -0.2) is 4.98 Å². The van der Waals surface area contributed by atoms with Crippen LogP contribution in [0.25, 0.3) is 0 Å². The van der Waals surface area contributed by atoms with Gasteiger partial charge >= 0.3 is 6.18 Å². The van der Waals surface area contributed by atoms with E-state index >= 15 is 0 Å². The smallest absolute Gasteiger partial charge is 0.422 e. The molecule has 0 fully saturated rings. The molecule has 1 N–H and O–H groups in total. The van der Waals surface area contributed by atoms with E-state index in [1.165, 1.54) is 17.8 Å². The van der Waals surface area contributed by atoms with Crippen molar-refractivity contribution >= 4 is 11.6 Å². The van der Waals surface area contributed by atoms with Crippen LogP contribution >= 0.6 is 0 Å². The fourth-order valence-electron chi connectivity index (χ4n) is 2.83. The van der Waals surface area contributed by atoms with Crippen molar-refractivity contribution in [1.29, 1.82) is 0 Å². The van der Waals surface area contributed by atoms with E-state index < -0.39 is 12.8 Å².